The van der Waals surface area contributed by atoms with Crippen LogP contribution in [0.2, 0.25) is 0 Å². The summed E-state index contributed by atoms with van der Waals surface area (Å²) in [6.07, 6.45) is 1.63. The molecule has 0 atom stereocenters. The Balaban J connectivity index is 2.17. The van der Waals surface area contributed by atoms with E-state index in [-0.39, 0.29) is 5.56 Å². The maximum Gasteiger partial charge on any atom is 0.247 e. The van der Waals surface area contributed by atoms with Crippen molar-refractivity contribution in [2.45, 2.75) is 6.92 Å². The zero-order chi connectivity index (χ0) is 11.8. The van der Waals surface area contributed by atoms with Crippen molar-refractivity contribution >= 4 is 11.2 Å². The molecule has 3 rings (SSSR count). The molecule has 0 unspecified atom stereocenters. The second-order valence-electron chi connectivity index (χ2n) is 3.85. The van der Waals surface area contributed by atoms with E-state index in [1.807, 2.05) is 19.1 Å². The van der Waals surface area contributed by atoms with Gasteiger partial charge in [-0.15, -0.1) is 0 Å². The average Bonchev–Trinajstić information content (AvgIpc) is 2.72. The van der Waals surface area contributed by atoms with Crippen molar-refractivity contribution < 1.29 is 0 Å². The number of nitrogens with zero attached hydrogens (tertiary/aromatic N) is 2. The summed E-state index contributed by atoms with van der Waals surface area (Å²) in [6, 6.07) is 7.07. The smallest absolute Gasteiger partial charge is 0.247 e. The zero-order valence-electron chi connectivity index (χ0n) is 9.19. The number of hydrogen-bond donors (Lipinski definition) is 2. The van der Waals surface area contributed by atoms with Crippen molar-refractivity contribution in [2.75, 3.05) is 0 Å². The second-order valence-corrected chi connectivity index (χ2v) is 3.85. The van der Waals surface area contributed by atoms with Crippen molar-refractivity contribution in [1.29, 1.82) is 0 Å². The van der Waals surface area contributed by atoms with Crippen molar-refractivity contribution in [3.63, 3.8) is 0 Å². The van der Waals surface area contributed by atoms with E-state index in [2.05, 4.69) is 19.9 Å². The van der Waals surface area contributed by atoms with E-state index in [0.717, 1.165) is 16.8 Å². The molecule has 5 heteroatoms. The summed E-state index contributed by atoms with van der Waals surface area (Å²) in [6.45, 7) is 1.92. The number of rotatable bonds is 1. The van der Waals surface area contributed by atoms with Crippen LogP contribution in [0, 0.1) is 6.92 Å². The van der Waals surface area contributed by atoms with Crippen LogP contribution in [0.25, 0.3) is 22.6 Å². The highest BCUT2D eigenvalue weighted by molar-refractivity contribution is 5.75. The lowest BCUT2D eigenvalue weighted by atomic mass is 10.3. The van der Waals surface area contributed by atoms with Crippen LogP contribution < -0.4 is 5.56 Å². The number of aromatic amines is 2. The fraction of sp³-hybridized carbons (Fsp3) is 0.0833. The highest BCUT2D eigenvalue weighted by Crippen LogP contribution is 2.17. The molecule has 0 radical (unpaired) electrons. The lowest BCUT2D eigenvalue weighted by molar-refractivity contribution is 1.20. The highest BCUT2D eigenvalue weighted by atomic mass is 16.1. The first kappa shape index (κ1) is 9.77. The van der Waals surface area contributed by atoms with Gasteiger partial charge in [-0.25, -0.2) is 9.97 Å². The van der Waals surface area contributed by atoms with Crippen molar-refractivity contribution in [3.05, 3.63) is 46.5 Å². The predicted molar refractivity (Wildman–Crippen MR) is 64.7 cm³/mol. The van der Waals surface area contributed by atoms with Gasteiger partial charge in [-0.05, 0) is 25.1 Å². The minimum absolute atomic E-state index is 0.126. The van der Waals surface area contributed by atoms with Gasteiger partial charge in [-0.1, -0.05) is 0 Å². The molecule has 0 spiro atoms. The van der Waals surface area contributed by atoms with Gasteiger partial charge < -0.3 is 9.97 Å². The summed E-state index contributed by atoms with van der Waals surface area (Å²) >= 11 is 0. The predicted octanol–water partition coefficient (Wildman–Crippen LogP) is 1.62. The van der Waals surface area contributed by atoms with E-state index in [0.29, 0.717) is 11.5 Å². The van der Waals surface area contributed by atoms with Crippen LogP contribution in [0.1, 0.15) is 5.69 Å². The first-order chi connectivity index (χ1) is 8.22. The maximum absolute atomic E-state index is 11.0. The molecular weight excluding hydrogens is 216 g/mol. The fourth-order valence-electron chi connectivity index (χ4n) is 1.68. The summed E-state index contributed by atoms with van der Waals surface area (Å²) < 4.78 is 0. The molecule has 0 amide bonds. The maximum atomic E-state index is 11.0. The fourth-order valence-corrected chi connectivity index (χ4v) is 1.68. The third kappa shape index (κ3) is 1.71. The Morgan fingerprint density at radius 2 is 2.00 bits per heavy atom. The van der Waals surface area contributed by atoms with Gasteiger partial charge in [0, 0.05) is 23.5 Å². The molecule has 0 saturated carbocycles. The van der Waals surface area contributed by atoms with Gasteiger partial charge in [0.05, 0.1) is 5.52 Å². The molecule has 2 N–H and O–H groups in total. The van der Waals surface area contributed by atoms with Crippen LogP contribution in [0.15, 0.2) is 35.3 Å². The number of nitrogens with one attached hydrogen (secondary N) is 2. The average molecular weight is 226 g/mol. The molecule has 0 saturated heterocycles. The molecule has 84 valence electrons. The van der Waals surface area contributed by atoms with E-state index in [4.69, 9.17) is 0 Å². The number of hydrogen-bond acceptors (Lipinski definition) is 3. The van der Waals surface area contributed by atoms with Gasteiger partial charge in [0.25, 0.3) is 0 Å². The number of imidazole rings is 1. The van der Waals surface area contributed by atoms with E-state index in [1.54, 1.807) is 12.3 Å². The van der Waals surface area contributed by atoms with Gasteiger partial charge in [0.2, 0.25) is 5.56 Å². The number of pyridine rings is 2. The Morgan fingerprint density at radius 1 is 1.12 bits per heavy atom. The van der Waals surface area contributed by atoms with E-state index < -0.39 is 0 Å². The first-order valence-corrected chi connectivity index (χ1v) is 5.25. The number of fused-ring (bicyclic) bond motifs is 1. The molecule has 3 heterocycles. The number of H-pyrrole nitrogens is 2. The van der Waals surface area contributed by atoms with Gasteiger partial charge in [-0.3, -0.25) is 4.79 Å². The molecule has 3 aromatic rings. The monoisotopic (exact) mass is 226 g/mol. The summed E-state index contributed by atoms with van der Waals surface area (Å²) in [5.74, 6) is 0.703. The molecule has 0 aliphatic rings. The van der Waals surface area contributed by atoms with Crippen LogP contribution in [-0.4, -0.2) is 19.9 Å². The van der Waals surface area contributed by atoms with Crippen molar-refractivity contribution in [2.24, 2.45) is 0 Å². The summed E-state index contributed by atoms with van der Waals surface area (Å²) in [4.78, 5) is 25.5. The van der Waals surface area contributed by atoms with Crippen LogP contribution in [-0.2, 0) is 0 Å². The largest absolute Gasteiger partial charge is 0.337 e. The summed E-state index contributed by atoms with van der Waals surface area (Å²) in [7, 11) is 0. The zero-order valence-corrected chi connectivity index (χ0v) is 9.19. The molecular formula is C12H10N4O. The number of aromatic nitrogens is 4. The third-order valence-electron chi connectivity index (χ3n) is 2.54. The van der Waals surface area contributed by atoms with Crippen molar-refractivity contribution in [3.8, 4) is 11.4 Å². The molecule has 3 aromatic heterocycles. The molecule has 0 fully saturated rings. The quantitative estimate of drug-likeness (QED) is 0.662. The molecule has 5 nitrogen and oxygen atoms in total. The Kier molecular flexibility index (Phi) is 2.04. The minimum Gasteiger partial charge on any atom is -0.337 e. The SMILES string of the molecule is Cc1ccc2[nH]c(-c3ccc(=O)[nH]c3)nc2n1. The van der Waals surface area contributed by atoms with Crippen LogP contribution >= 0.6 is 0 Å². The van der Waals surface area contributed by atoms with E-state index >= 15 is 0 Å². The van der Waals surface area contributed by atoms with E-state index in [9.17, 15) is 4.79 Å². The third-order valence-corrected chi connectivity index (χ3v) is 2.54. The van der Waals surface area contributed by atoms with Crippen LogP contribution in [0.4, 0.5) is 0 Å². The van der Waals surface area contributed by atoms with Crippen LogP contribution in [0.5, 0.6) is 0 Å². The standard InChI is InChI=1S/C12H10N4O/c1-7-2-4-9-12(14-7)16-11(15-9)8-3-5-10(17)13-6-8/h2-6H,1H3,(H,13,17)(H,14,15,16). The first-order valence-electron chi connectivity index (χ1n) is 5.25. The summed E-state index contributed by atoms with van der Waals surface area (Å²) in [5.41, 5.74) is 3.21. The van der Waals surface area contributed by atoms with E-state index in [1.165, 1.54) is 6.07 Å². The molecule has 0 aliphatic carbocycles. The summed E-state index contributed by atoms with van der Waals surface area (Å²) in [5, 5.41) is 0. The van der Waals surface area contributed by atoms with Gasteiger partial charge in [-0.2, -0.15) is 0 Å². The number of aryl methyl sites for hydroxylation is 1. The molecule has 0 aromatic carbocycles. The normalized spacial score (nSPS) is 10.9. The second kappa shape index (κ2) is 3.55. The van der Waals surface area contributed by atoms with Crippen molar-refractivity contribution in [1.82, 2.24) is 19.9 Å². The topological polar surface area (TPSA) is 74.4 Å². The lowest BCUT2D eigenvalue weighted by Crippen LogP contribution is -2.01. The Morgan fingerprint density at radius 3 is 2.76 bits per heavy atom. The minimum atomic E-state index is -0.126. The Bertz CT molecular complexity index is 721. The molecule has 0 bridgehead atoms. The Labute approximate surface area is 96.6 Å². The lowest BCUT2D eigenvalue weighted by Gasteiger charge is -1.93. The molecule has 0 aliphatic heterocycles. The van der Waals surface area contributed by atoms with Gasteiger partial charge in [0.1, 0.15) is 5.82 Å². The highest BCUT2D eigenvalue weighted by Gasteiger charge is 2.05. The van der Waals surface area contributed by atoms with Crippen LogP contribution in [0.3, 0.4) is 0 Å². The molecule has 17 heavy (non-hydrogen) atoms. The van der Waals surface area contributed by atoms with Gasteiger partial charge in [0.15, 0.2) is 5.65 Å². The van der Waals surface area contributed by atoms with Gasteiger partial charge >= 0.3 is 0 Å². The Hall–Kier alpha value is -2.43.